The molecule has 146 heavy (non-hydrogen) atoms. The minimum atomic E-state index is -4.55. The predicted molar refractivity (Wildman–Crippen MR) is 565 cm³/mol. The molecule has 11 heterocycles. The van der Waals surface area contributed by atoms with Crippen LogP contribution in [0.15, 0.2) is 195 Å². The van der Waals surface area contributed by atoms with Gasteiger partial charge in [0, 0.05) is 115 Å². The maximum Gasteiger partial charge on any atom is 0.416 e. The van der Waals surface area contributed by atoms with Crippen molar-refractivity contribution in [3.05, 3.63) is 318 Å². The molecule has 742 valence electrons. The number of halogens is 3. The molecule has 2 amide bonds. The molecule has 0 atom stereocenters. The number of likely N-dealkylation sites (N-methyl/N-ethyl adjacent to an activating group) is 1. The first-order valence-electron chi connectivity index (χ1n) is 48.5. The standard InChI is InChI=1S/C29H29F3N8O.C29H30N6O.C28H29N7O.C27H27N5O/c1-3-40-27-25(26(33)34-18-35-27)24(37-40)10-7-19-5-4-6-20(15-19)28(41)36-22-9-8-21(23(16-22)29(30,31)32)17-39-13-11-38(2)12-14-39;1-19-5-4-6-23(15-19)26(36)17-21-8-7-20(2)22(16-21)9-10-25-27-28(30)31-18-32-29(27)35(33-25)24-11-13-34(3)14-12-24;1-18-5-4-6-22(15-18)32-28(36)21-8-7-19(2)20(16-21)9-10-24-25-26(29)30-17-31-27(25)35(33-24)23-11-13-34(3)14-12-23;1-17(2)32-27-25(26(28)29-16-30-27)24(31-32)11-10-22-13-21(9-8-19(22)4)15-23(33)14-20-7-5-6-18(3)12-20/h4-6,8-9,15-16,18H,3,11-14,17H2,1-2H3,(H,36,41)(H2,33,34,35);4-8,15-16,18,24H,11-14,17H2,1-3H3,(H2,30,31,32);4-8,15-17,23H,11-14H2,1-3H3,(H,32,36)(H2,29,30,31);5-9,12-13,16-17H,14-15H2,1-4H3,(H2,28,29,30). The molecule has 3 fully saturated rings. The highest BCUT2D eigenvalue weighted by atomic mass is 19.4. The van der Waals surface area contributed by atoms with Crippen LogP contribution in [0.4, 0.5) is 47.8 Å². The third kappa shape index (κ3) is 25.0. The van der Waals surface area contributed by atoms with Crippen LogP contribution in [0.3, 0.4) is 0 Å². The molecular formula is C113H115F3N26O4. The Kier molecular flexibility index (Phi) is 32.0. The number of nitrogens with one attached hydrogen (secondary N) is 2. The molecule has 19 rings (SSSR count). The number of nitrogens with zero attached hydrogens (tertiary/aromatic N) is 20. The molecular weight excluding hydrogens is 1840 g/mol. The van der Waals surface area contributed by atoms with Gasteiger partial charge in [0.25, 0.3) is 11.8 Å². The lowest BCUT2D eigenvalue weighted by Crippen LogP contribution is -2.44. The number of aryl methyl sites for hydroxylation is 7. The van der Waals surface area contributed by atoms with E-state index < -0.39 is 17.6 Å². The van der Waals surface area contributed by atoms with E-state index in [4.69, 9.17) is 33.1 Å². The summed E-state index contributed by atoms with van der Waals surface area (Å²) in [6.07, 6.45) is 6.31. The lowest BCUT2D eigenvalue weighted by atomic mass is 9.98. The number of carbonyl (C=O) groups excluding carboxylic acids is 4. The van der Waals surface area contributed by atoms with Crippen molar-refractivity contribution in [1.29, 1.82) is 0 Å². The van der Waals surface area contributed by atoms with E-state index in [0.29, 0.717) is 129 Å². The predicted octanol–water partition coefficient (Wildman–Crippen LogP) is 16.3. The van der Waals surface area contributed by atoms with E-state index in [1.807, 2.05) is 210 Å². The van der Waals surface area contributed by atoms with E-state index >= 15 is 0 Å². The number of benzene rings is 8. The van der Waals surface area contributed by atoms with Crippen LogP contribution in [0.5, 0.6) is 0 Å². The van der Waals surface area contributed by atoms with Crippen molar-refractivity contribution in [2.75, 3.05) is 107 Å². The van der Waals surface area contributed by atoms with E-state index in [1.165, 1.54) is 37.4 Å². The summed E-state index contributed by atoms with van der Waals surface area (Å²) in [4.78, 5) is 94.2. The van der Waals surface area contributed by atoms with Crippen molar-refractivity contribution in [2.24, 2.45) is 0 Å². The second-order valence-corrected chi connectivity index (χ2v) is 37.5. The summed E-state index contributed by atoms with van der Waals surface area (Å²) >= 11 is 0. The van der Waals surface area contributed by atoms with Gasteiger partial charge >= 0.3 is 6.18 Å². The van der Waals surface area contributed by atoms with Gasteiger partial charge in [-0.1, -0.05) is 132 Å². The van der Waals surface area contributed by atoms with Crippen LogP contribution in [-0.4, -0.2) is 195 Å². The summed E-state index contributed by atoms with van der Waals surface area (Å²) in [7, 11) is 6.26. The minimum absolute atomic E-state index is 0.0630. The van der Waals surface area contributed by atoms with Gasteiger partial charge in [-0.25, -0.2) is 58.6 Å². The van der Waals surface area contributed by atoms with Crippen LogP contribution in [0.1, 0.15) is 202 Å². The monoisotopic (exact) mass is 1960 g/mol. The van der Waals surface area contributed by atoms with E-state index in [1.54, 1.807) is 28.9 Å². The van der Waals surface area contributed by atoms with Gasteiger partial charge < -0.3 is 48.3 Å². The molecule has 0 spiro atoms. The molecule has 3 aliphatic heterocycles. The number of aromatic nitrogens is 16. The van der Waals surface area contributed by atoms with Crippen LogP contribution in [0.2, 0.25) is 0 Å². The van der Waals surface area contributed by atoms with Gasteiger partial charge in [0.15, 0.2) is 28.4 Å². The number of alkyl halides is 3. The Morgan fingerprint density at radius 1 is 0.411 bits per heavy atom. The fraction of sp³-hybridized carbons (Fsp3) is 0.292. The molecule has 0 bridgehead atoms. The fourth-order valence-corrected chi connectivity index (χ4v) is 17.8. The topological polar surface area (TPSA) is 384 Å². The highest BCUT2D eigenvalue weighted by molar-refractivity contribution is 6.06. The number of carbonyl (C=O) groups is 4. The number of Topliss-reactive ketones (excluding diaryl/α,β-unsaturated/α-hetero) is 2. The normalized spacial score (nSPS) is 13.7. The van der Waals surface area contributed by atoms with Crippen LogP contribution in [0.25, 0.3) is 44.1 Å². The Balaban J connectivity index is 0.000000140. The Morgan fingerprint density at radius 3 is 1.37 bits per heavy atom. The largest absolute Gasteiger partial charge is 0.416 e. The number of nitrogen functional groups attached to an aromatic ring is 4. The van der Waals surface area contributed by atoms with E-state index in [9.17, 15) is 32.3 Å². The van der Waals surface area contributed by atoms with Crippen LogP contribution < -0.4 is 33.6 Å². The summed E-state index contributed by atoms with van der Waals surface area (Å²) < 4.78 is 49.3. The summed E-state index contributed by atoms with van der Waals surface area (Å²) in [5.74, 6) is 26.2. The third-order valence-corrected chi connectivity index (χ3v) is 26.0. The molecule has 30 nitrogen and oxygen atoms in total. The number of anilines is 6. The number of ketones is 2. The molecule has 3 aliphatic rings. The van der Waals surface area contributed by atoms with Crippen molar-refractivity contribution in [2.45, 2.75) is 145 Å². The Hall–Kier alpha value is -16.7. The number of rotatable bonds is 17. The lowest BCUT2D eigenvalue weighted by molar-refractivity contribution is -0.138. The first-order valence-corrected chi connectivity index (χ1v) is 48.5. The average molecular weight is 1960 g/mol. The van der Waals surface area contributed by atoms with Gasteiger partial charge in [-0.3, -0.25) is 24.1 Å². The average Bonchev–Trinajstić information content (AvgIpc) is 1.64. The zero-order valence-electron chi connectivity index (χ0n) is 83.7. The molecule has 0 radical (unpaired) electrons. The van der Waals surface area contributed by atoms with Gasteiger partial charge in [0.05, 0.1) is 39.2 Å². The first-order chi connectivity index (χ1) is 70.2. The number of nitrogens with two attached hydrogens (primary N) is 4. The molecule has 8 aromatic heterocycles. The zero-order valence-corrected chi connectivity index (χ0v) is 83.7. The Bertz CT molecular complexity index is 7900. The molecule has 16 aromatic rings. The quantitative estimate of drug-likeness (QED) is 0.0364. The van der Waals surface area contributed by atoms with Gasteiger partial charge in [-0.15, -0.1) is 0 Å². The lowest BCUT2D eigenvalue weighted by Gasteiger charge is -2.33. The number of amides is 2. The van der Waals surface area contributed by atoms with Crippen molar-refractivity contribution in [3.63, 3.8) is 0 Å². The van der Waals surface area contributed by atoms with Crippen molar-refractivity contribution < 1.29 is 32.3 Å². The van der Waals surface area contributed by atoms with Gasteiger partial charge in [0.2, 0.25) is 0 Å². The fourth-order valence-electron chi connectivity index (χ4n) is 17.8. The number of piperidine rings is 2. The molecule has 8 aromatic carbocycles. The molecule has 10 N–H and O–H groups in total. The number of piperazine rings is 1. The highest BCUT2D eigenvalue weighted by Gasteiger charge is 2.35. The van der Waals surface area contributed by atoms with Crippen LogP contribution in [-0.2, 0) is 43.3 Å². The Morgan fingerprint density at radius 2 is 0.842 bits per heavy atom. The van der Waals surface area contributed by atoms with Crippen molar-refractivity contribution in [3.8, 4) is 47.4 Å². The van der Waals surface area contributed by atoms with Crippen LogP contribution >= 0.6 is 0 Å². The summed E-state index contributed by atoms with van der Waals surface area (Å²) in [6.45, 7) is 25.8. The number of hydrogen-bond donors (Lipinski definition) is 6. The first kappa shape index (κ1) is 102. The number of likely N-dealkylation sites (tertiary alicyclic amines) is 2. The molecule has 0 aliphatic carbocycles. The van der Waals surface area contributed by atoms with Gasteiger partial charge in [-0.05, 0) is 276 Å². The third-order valence-electron chi connectivity index (χ3n) is 26.0. The van der Waals surface area contributed by atoms with E-state index in [2.05, 4.69) is 143 Å². The summed E-state index contributed by atoms with van der Waals surface area (Å²) in [5, 5.41) is 26.9. The SMILES string of the molecule is CCn1nc(C#Cc2cccc(C(=O)Nc3ccc(CN4CCN(C)CC4)c(C(F)(F)F)c3)c2)c2c(N)ncnc21.Cc1cccc(C(=O)Cc2ccc(C)c(C#Cc3nn(C4CCN(C)CC4)c4ncnc(N)c34)c2)c1.Cc1cccc(CC(=O)Cc2ccc(C)c(C#Cc3nn(C(C)C)c4ncnc(N)c34)c2)c1.Cc1cccc(NC(=O)c2ccc(C)c(C#Cc3nn(C4CCN(C)CC4)c4ncnc(N)c34)c2)c1. The summed E-state index contributed by atoms with van der Waals surface area (Å²) in [5.41, 5.74) is 43.5. The molecule has 33 heteroatoms. The molecule has 3 saturated heterocycles. The molecule has 0 unspecified atom stereocenters. The van der Waals surface area contributed by atoms with E-state index in [0.717, 1.165) is 155 Å². The second kappa shape index (κ2) is 45.7. The zero-order chi connectivity index (χ0) is 103. The number of fused-ring (bicyclic) bond motifs is 4. The smallest absolute Gasteiger partial charge is 0.383 e. The maximum absolute atomic E-state index is 14.0. The van der Waals surface area contributed by atoms with Gasteiger partial charge in [-0.2, -0.15) is 33.6 Å². The van der Waals surface area contributed by atoms with Crippen molar-refractivity contribution >= 4 is 102 Å². The van der Waals surface area contributed by atoms with E-state index in [-0.39, 0.29) is 64.8 Å². The van der Waals surface area contributed by atoms with Crippen molar-refractivity contribution in [1.82, 2.24) is 98.6 Å². The minimum Gasteiger partial charge on any atom is -0.383 e. The van der Waals surface area contributed by atoms with Crippen LogP contribution in [0, 0.1) is 88.9 Å². The second-order valence-electron chi connectivity index (χ2n) is 37.5. The summed E-state index contributed by atoms with van der Waals surface area (Å²) in [6, 6.07) is 52.0. The van der Waals surface area contributed by atoms with Gasteiger partial charge in [0.1, 0.15) is 77.1 Å². The number of hydrogen-bond acceptors (Lipinski definition) is 24. The maximum atomic E-state index is 14.0. The highest BCUT2D eigenvalue weighted by Crippen LogP contribution is 2.37. The Labute approximate surface area is 845 Å². The molecule has 0 saturated carbocycles.